The molecule has 7 nitrogen and oxygen atoms in total. The molecule has 0 fully saturated rings. The summed E-state index contributed by atoms with van der Waals surface area (Å²) in [5.41, 5.74) is -2.52. The Bertz CT molecular complexity index is 374. The van der Waals surface area contributed by atoms with E-state index in [0.29, 0.717) is 12.3 Å². The van der Waals surface area contributed by atoms with Crippen molar-refractivity contribution in [3.05, 3.63) is 0 Å². The lowest BCUT2D eigenvalue weighted by molar-refractivity contribution is -0.175. The van der Waals surface area contributed by atoms with Crippen molar-refractivity contribution in [2.45, 2.75) is 70.8 Å². The third-order valence-corrected chi connectivity index (χ3v) is 3.43. The van der Waals surface area contributed by atoms with Crippen LogP contribution in [0.2, 0.25) is 0 Å². The molecule has 0 aliphatic rings. The maximum atomic E-state index is 11.7. The highest BCUT2D eigenvalue weighted by Crippen LogP contribution is 2.18. The summed E-state index contributed by atoms with van der Waals surface area (Å²) in [5.74, 6) is -3.43. The molecule has 0 radical (unpaired) electrons. The van der Waals surface area contributed by atoms with Gasteiger partial charge in [0.05, 0.1) is 19.4 Å². The molecule has 0 atom stereocenters. The first kappa shape index (κ1) is 21.4. The van der Waals surface area contributed by atoms with Gasteiger partial charge >= 0.3 is 17.9 Å². The van der Waals surface area contributed by atoms with Gasteiger partial charge in [0.1, 0.15) is 0 Å². The summed E-state index contributed by atoms with van der Waals surface area (Å²) < 4.78 is 4.84. The molecule has 0 aromatic rings. The second kappa shape index (κ2) is 11.0. The Morgan fingerprint density at radius 2 is 1.39 bits per heavy atom. The molecule has 0 saturated heterocycles. The number of carboxylic acids is 2. The van der Waals surface area contributed by atoms with E-state index < -0.39 is 36.4 Å². The van der Waals surface area contributed by atoms with Gasteiger partial charge in [0.15, 0.2) is 5.60 Å². The molecular formula is C16H28O7. The summed E-state index contributed by atoms with van der Waals surface area (Å²) in [5, 5.41) is 27.3. The van der Waals surface area contributed by atoms with Gasteiger partial charge in [0, 0.05) is 0 Å². The van der Waals surface area contributed by atoms with E-state index in [1.165, 1.54) is 6.42 Å². The summed E-state index contributed by atoms with van der Waals surface area (Å²) in [6.45, 7) is 4.40. The van der Waals surface area contributed by atoms with Crippen LogP contribution < -0.4 is 0 Å². The zero-order valence-electron chi connectivity index (χ0n) is 13.9. The molecule has 0 rings (SSSR count). The smallest absolute Gasteiger partial charge is 0.339 e. The lowest BCUT2D eigenvalue weighted by Gasteiger charge is -2.22. The van der Waals surface area contributed by atoms with E-state index in [1.54, 1.807) is 0 Å². The summed E-state index contributed by atoms with van der Waals surface area (Å²) >= 11 is 0. The van der Waals surface area contributed by atoms with E-state index in [1.807, 2.05) is 0 Å². The van der Waals surface area contributed by atoms with Crippen LogP contribution in [-0.4, -0.2) is 45.4 Å². The van der Waals surface area contributed by atoms with Crippen molar-refractivity contribution in [1.82, 2.24) is 0 Å². The zero-order chi connectivity index (χ0) is 17.9. The minimum atomic E-state index is -2.52. The molecule has 0 aromatic carbocycles. The fraction of sp³-hybridized carbons (Fsp3) is 0.812. The van der Waals surface area contributed by atoms with Crippen LogP contribution in [0.15, 0.2) is 0 Å². The highest BCUT2D eigenvalue weighted by Gasteiger charge is 2.42. The second-order valence-electron chi connectivity index (χ2n) is 6.26. The Morgan fingerprint density at radius 3 is 1.87 bits per heavy atom. The van der Waals surface area contributed by atoms with Crippen LogP contribution in [0.3, 0.4) is 0 Å². The minimum Gasteiger partial charge on any atom is -0.481 e. The molecule has 0 amide bonds. The summed E-state index contributed by atoms with van der Waals surface area (Å²) in [4.78, 5) is 33.1. The van der Waals surface area contributed by atoms with Crippen molar-refractivity contribution in [3.63, 3.8) is 0 Å². The van der Waals surface area contributed by atoms with Gasteiger partial charge in [-0.2, -0.15) is 0 Å². The lowest BCUT2D eigenvalue weighted by atomic mass is 9.96. The number of hydrogen-bond donors (Lipinski definition) is 3. The second-order valence-corrected chi connectivity index (χ2v) is 6.26. The van der Waals surface area contributed by atoms with Gasteiger partial charge in [-0.15, -0.1) is 0 Å². The topological polar surface area (TPSA) is 121 Å². The largest absolute Gasteiger partial charge is 0.481 e. The van der Waals surface area contributed by atoms with Crippen LogP contribution in [0.25, 0.3) is 0 Å². The van der Waals surface area contributed by atoms with E-state index in [-0.39, 0.29) is 6.61 Å². The predicted molar refractivity (Wildman–Crippen MR) is 83.0 cm³/mol. The molecule has 3 N–H and O–H groups in total. The van der Waals surface area contributed by atoms with Crippen molar-refractivity contribution in [2.75, 3.05) is 6.61 Å². The molecule has 7 heteroatoms. The van der Waals surface area contributed by atoms with E-state index in [0.717, 1.165) is 25.7 Å². The van der Waals surface area contributed by atoms with Gasteiger partial charge in [-0.25, -0.2) is 4.79 Å². The van der Waals surface area contributed by atoms with Crippen LogP contribution in [0.5, 0.6) is 0 Å². The summed E-state index contributed by atoms with van der Waals surface area (Å²) in [6, 6.07) is 0. The quantitative estimate of drug-likeness (QED) is 0.349. The third-order valence-electron chi connectivity index (χ3n) is 3.43. The molecule has 0 unspecified atom stereocenters. The van der Waals surface area contributed by atoms with Crippen LogP contribution in [-0.2, 0) is 19.1 Å². The van der Waals surface area contributed by atoms with Crippen LogP contribution >= 0.6 is 0 Å². The van der Waals surface area contributed by atoms with Crippen molar-refractivity contribution < 1.29 is 34.4 Å². The predicted octanol–water partition coefficient (Wildman–Crippen LogP) is 2.21. The van der Waals surface area contributed by atoms with Crippen LogP contribution in [0, 0.1) is 5.92 Å². The van der Waals surface area contributed by atoms with Crippen molar-refractivity contribution >= 4 is 17.9 Å². The van der Waals surface area contributed by atoms with E-state index in [9.17, 15) is 19.5 Å². The minimum absolute atomic E-state index is 0.0462. The van der Waals surface area contributed by atoms with Gasteiger partial charge in [-0.1, -0.05) is 46.0 Å². The normalized spacial score (nSPS) is 11.5. The van der Waals surface area contributed by atoms with E-state index in [4.69, 9.17) is 14.9 Å². The molecule has 23 heavy (non-hydrogen) atoms. The Morgan fingerprint density at radius 1 is 0.913 bits per heavy atom. The number of esters is 1. The molecule has 0 aliphatic carbocycles. The van der Waals surface area contributed by atoms with Gasteiger partial charge in [0.2, 0.25) is 0 Å². The van der Waals surface area contributed by atoms with Gasteiger partial charge < -0.3 is 20.1 Å². The SMILES string of the molecule is CC(C)CCCCCCCOC(=O)C(O)(CC(=O)O)CC(=O)O. The number of aliphatic carboxylic acids is 2. The molecule has 134 valence electrons. The highest BCUT2D eigenvalue weighted by atomic mass is 16.5. The number of carboxylic acid groups (broad SMARTS) is 2. The Balaban J connectivity index is 4.04. The first-order valence-electron chi connectivity index (χ1n) is 8.00. The summed E-state index contributed by atoms with van der Waals surface area (Å²) in [6.07, 6.45) is 3.94. The summed E-state index contributed by atoms with van der Waals surface area (Å²) in [7, 11) is 0. The number of aliphatic hydroxyl groups is 1. The number of rotatable bonds is 13. The number of carbonyl (C=O) groups is 3. The average molecular weight is 332 g/mol. The van der Waals surface area contributed by atoms with Crippen molar-refractivity contribution in [3.8, 4) is 0 Å². The lowest BCUT2D eigenvalue weighted by Crippen LogP contribution is -2.44. The maximum Gasteiger partial charge on any atom is 0.339 e. The van der Waals surface area contributed by atoms with Gasteiger partial charge in [0.25, 0.3) is 0 Å². The first-order chi connectivity index (χ1) is 10.7. The Labute approximate surface area is 136 Å². The highest BCUT2D eigenvalue weighted by molar-refractivity contribution is 5.89. The fourth-order valence-electron chi connectivity index (χ4n) is 2.19. The molecule has 0 aliphatic heterocycles. The molecule has 0 heterocycles. The number of ether oxygens (including phenoxy) is 1. The first-order valence-corrected chi connectivity index (χ1v) is 8.00. The number of hydrogen-bond acceptors (Lipinski definition) is 5. The van der Waals surface area contributed by atoms with Crippen LogP contribution in [0.4, 0.5) is 0 Å². The van der Waals surface area contributed by atoms with Gasteiger partial charge in [-0.3, -0.25) is 9.59 Å². The average Bonchev–Trinajstić information content (AvgIpc) is 2.39. The Kier molecular flexibility index (Phi) is 10.2. The molecule has 0 spiro atoms. The third kappa shape index (κ3) is 10.7. The number of carbonyl (C=O) groups excluding carboxylic acids is 1. The molecule has 0 bridgehead atoms. The Hall–Kier alpha value is -1.63. The van der Waals surface area contributed by atoms with E-state index >= 15 is 0 Å². The molecular weight excluding hydrogens is 304 g/mol. The monoisotopic (exact) mass is 332 g/mol. The maximum absolute atomic E-state index is 11.7. The van der Waals surface area contributed by atoms with Gasteiger partial charge in [-0.05, 0) is 12.3 Å². The van der Waals surface area contributed by atoms with Crippen LogP contribution in [0.1, 0.15) is 65.2 Å². The van der Waals surface area contributed by atoms with Crippen molar-refractivity contribution in [2.24, 2.45) is 5.92 Å². The number of unbranched alkanes of at least 4 members (excludes halogenated alkanes) is 4. The van der Waals surface area contributed by atoms with E-state index in [2.05, 4.69) is 13.8 Å². The molecule has 0 aromatic heterocycles. The fourth-order valence-corrected chi connectivity index (χ4v) is 2.19. The molecule has 0 saturated carbocycles. The zero-order valence-corrected chi connectivity index (χ0v) is 13.9. The standard InChI is InChI=1S/C16H28O7/c1-12(2)8-6-4-3-5-7-9-23-15(21)16(22,10-13(17)18)11-14(19)20/h12,22H,3-11H2,1-2H3,(H,17,18)(H,19,20). The van der Waals surface area contributed by atoms with Crippen molar-refractivity contribution in [1.29, 1.82) is 0 Å².